The SMILES string of the molecule is Cc1ccc(S(=O)(=O)NC(c2ccccc2F)c2nccn2C)cc1. The molecule has 0 amide bonds. The summed E-state index contributed by atoms with van der Waals surface area (Å²) in [5.41, 5.74) is 1.17. The van der Waals surface area contributed by atoms with Gasteiger partial charge in [-0.25, -0.2) is 17.8 Å². The number of nitrogens with one attached hydrogen (secondary N) is 1. The maximum Gasteiger partial charge on any atom is 0.241 e. The molecule has 3 rings (SSSR count). The third-order valence-corrected chi connectivity index (χ3v) is 5.38. The maximum atomic E-state index is 14.3. The standard InChI is InChI=1S/C18H18FN3O2S/c1-13-7-9-14(10-8-13)25(23,24)21-17(18-20-11-12-22(18)2)15-5-3-4-6-16(15)19/h3-12,17,21H,1-2H3. The Morgan fingerprint density at radius 3 is 2.40 bits per heavy atom. The molecule has 7 heteroatoms. The lowest BCUT2D eigenvalue weighted by molar-refractivity contribution is 0.545. The Bertz CT molecular complexity index is 982. The highest BCUT2D eigenvalue weighted by atomic mass is 32.2. The van der Waals surface area contributed by atoms with Gasteiger partial charge in [-0.05, 0) is 25.1 Å². The van der Waals surface area contributed by atoms with Gasteiger partial charge in [0, 0.05) is 25.0 Å². The van der Waals surface area contributed by atoms with Gasteiger partial charge in [-0.3, -0.25) is 0 Å². The summed E-state index contributed by atoms with van der Waals surface area (Å²) in [6, 6.07) is 11.6. The molecule has 0 spiro atoms. The van der Waals surface area contributed by atoms with Crippen molar-refractivity contribution in [2.75, 3.05) is 0 Å². The Morgan fingerprint density at radius 2 is 1.80 bits per heavy atom. The van der Waals surface area contributed by atoms with E-state index in [1.165, 1.54) is 18.2 Å². The van der Waals surface area contributed by atoms with Gasteiger partial charge in [0.1, 0.15) is 17.7 Å². The van der Waals surface area contributed by atoms with Crippen LogP contribution in [0.2, 0.25) is 0 Å². The van der Waals surface area contributed by atoms with Crippen LogP contribution in [0.5, 0.6) is 0 Å². The van der Waals surface area contributed by atoms with Gasteiger partial charge in [-0.1, -0.05) is 35.9 Å². The summed E-state index contributed by atoms with van der Waals surface area (Å²) in [6.07, 6.45) is 3.23. The third-order valence-electron chi connectivity index (χ3n) is 3.94. The van der Waals surface area contributed by atoms with Crippen molar-refractivity contribution >= 4 is 10.0 Å². The van der Waals surface area contributed by atoms with Gasteiger partial charge < -0.3 is 4.57 Å². The molecule has 3 aromatic rings. The Kier molecular flexibility index (Phi) is 4.69. The van der Waals surface area contributed by atoms with Crippen LogP contribution in [0.25, 0.3) is 0 Å². The molecule has 0 bridgehead atoms. The van der Waals surface area contributed by atoms with Crippen LogP contribution in [0.1, 0.15) is 23.0 Å². The number of benzene rings is 2. The fraction of sp³-hybridized carbons (Fsp3) is 0.167. The van der Waals surface area contributed by atoms with Gasteiger partial charge in [-0.2, -0.15) is 4.72 Å². The van der Waals surface area contributed by atoms with Crippen molar-refractivity contribution < 1.29 is 12.8 Å². The second kappa shape index (κ2) is 6.78. The van der Waals surface area contributed by atoms with Crippen molar-refractivity contribution in [2.45, 2.75) is 17.9 Å². The third kappa shape index (κ3) is 3.62. The van der Waals surface area contributed by atoms with E-state index in [2.05, 4.69) is 9.71 Å². The molecule has 0 aliphatic heterocycles. The van der Waals surface area contributed by atoms with Gasteiger partial charge in [0.25, 0.3) is 0 Å². The number of hydrogen-bond donors (Lipinski definition) is 1. The van der Waals surface area contributed by atoms with Crippen LogP contribution in [-0.4, -0.2) is 18.0 Å². The van der Waals surface area contributed by atoms with E-state index in [9.17, 15) is 12.8 Å². The van der Waals surface area contributed by atoms with Gasteiger partial charge in [0.2, 0.25) is 10.0 Å². The van der Waals surface area contributed by atoms with Crippen molar-refractivity contribution in [1.82, 2.24) is 14.3 Å². The van der Waals surface area contributed by atoms with Crippen molar-refractivity contribution in [2.24, 2.45) is 7.05 Å². The minimum absolute atomic E-state index is 0.119. The number of aromatic nitrogens is 2. The molecular weight excluding hydrogens is 341 g/mol. The van der Waals surface area contributed by atoms with Gasteiger partial charge in [-0.15, -0.1) is 0 Å². The number of halogens is 1. The van der Waals surface area contributed by atoms with E-state index >= 15 is 0 Å². The van der Waals surface area contributed by atoms with Crippen LogP contribution >= 0.6 is 0 Å². The summed E-state index contributed by atoms with van der Waals surface area (Å²) in [6.45, 7) is 1.87. The first kappa shape index (κ1) is 17.3. The molecule has 5 nitrogen and oxygen atoms in total. The highest BCUT2D eigenvalue weighted by Gasteiger charge is 2.27. The van der Waals surface area contributed by atoms with Gasteiger partial charge in [0.15, 0.2) is 0 Å². The second-order valence-electron chi connectivity index (χ2n) is 5.79. The summed E-state index contributed by atoms with van der Waals surface area (Å²) in [4.78, 5) is 4.31. The molecule has 0 saturated heterocycles. The van der Waals surface area contributed by atoms with Crippen LogP contribution in [-0.2, 0) is 17.1 Å². The van der Waals surface area contributed by atoms with E-state index in [-0.39, 0.29) is 10.5 Å². The summed E-state index contributed by atoms with van der Waals surface area (Å²) in [5, 5.41) is 0. The van der Waals surface area contributed by atoms with Crippen LogP contribution in [0, 0.1) is 12.7 Å². The molecule has 1 heterocycles. The normalized spacial score (nSPS) is 12.9. The lowest BCUT2D eigenvalue weighted by atomic mass is 10.1. The van der Waals surface area contributed by atoms with E-state index < -0.39 is 21.9 Å². The molecule has 25 heavy (non-hydrogen) atoms. The van der Waals surface area contributed by atoms with Crippen molar-refractivity contribution in [3.8, 4) is 0 Å². The van der Waals surface area contributed by atoms with E-state index in [1.54, 1.807) is 54.3 Å². The van der Waals surface area contributed by atoms with Crippen LogP contribution in [0.3, 0.4) is 0 Å². The van der Waals surface area contributed by atoms with E-state index in [1.807, 2.05) is 6.92 Å². The van der Waals surface area contributed by atoms with Crippen molar-refractivity contribution in [3.63, 3.8) is 0 Å². The summed E-state index contributed by atoms with van der Waals surface area (Å²) in [7, 11) is -2.12. The van der Waals surface area contributed by atoms with E-state index in [0.717, 1.165) is 5.56 Å². The summed E-state index contributed by atoms with van der Waals surface area (Å²) in [5.74, 6) is -0.0945. The average Bonchev–Trinajstić information content (AvgIpc) is 3.00. The largest absolute Gasteiger partial charge is 0.336 e. The Balaban J connectivity index is 2.06. The first-order chi connectivity index (χ1) is 11.9. The predicted octanol–water partition coefficient (Wildman–Crippen LogP) is 2.94. The molecule has 0 saturated carbocycles. The minimum atomic E-state index is -3.85. The van der Waals surface area contributed by atoms with Gasteiger partial charge in [0.05, 0.1) is 4.90 Å². The number of sulfonamides is 1. The summed E-state index contributed by atoms with van der Waals surface area (Å²) >= 11 is 0. The lowest BCUT2D eigenvalue weighted by Gasteiger charge is -2.19. The summed E-state index contributed by atoms with van der Waals surface area (Å²) < 4.78 is 44.1. The lowest BCUT2D eigenvalue weighted by Crippen LogP contribution is -2.31. The van der Waals surface area contributed by atoms with E-state index in [4.69, 9.17) is 0 Å². The van der Waals surface area contributed by atoms with E-state index in [0.29, 0.717) is 5.82 Å². The smallest absolute Gasteiger partial charge is 0.241 e. The topological polar surface area (TPSA) is 64.0 Å². The zero-order valence-corrected chi connectivity index (χ0v) is 14.7. The Hall–Kier alpha value is -2.51. The quantitative estimate of drug-likeness (QED) is 0.762. The van der Waals surface area contributed by atoms with Crippen molar-refractivity contribution in [3.05, 3.63) is 83.7 Å². The highest BCUT2D eigenvalue weighted by Crippen LogP contribution is 2.25. The molecule has 0 aliphatic rings. The number of imidazole rings is 1. The van der Waals surface area contributed by atoms with Crippen LogP contribution < -0.4 is 4.72 Å². The molecule has 1 atom stereocenters. The number of hydrogen-bond acceptors (Lipinski definition) is 3. The molecule has 2 aromatic carbocycles. The maximum absolute atomic E-state index is 14.3. The first-order valence-corrected chi connectivity index (χ1v) is 9.17. The fourth-order valence-electron chi connectivity index (χ4n) is 2.56. The number of nitrogens with zero attached hydrogens (tertiary/aromatic N) is 2. The van der Waals surface area contributed by atoms with Crippen LogP contribution in [0.4, 0.5) is 4.39 Å². The number of rotatable bonds is 5. The zero-order valence-electron chi connectivity index (χ0n) is 13.8. The molecule has 0 radical (unpaired) electrons. The number of aryl methyl sites for hydroxylation is 2. The Labute approximate surface area is 146 Å². The Morgan fingerprint density at radius 1 is 1.12 bits per heavy atom. The average molecular weight is 359 g/mol. The first-order valence-electron chi connectivity index (χ1n) is 7.69. The predicted molar refractivity (Wildman–Crippen MR) is 93.0 cm³/mol. The second-order valence-corrected chi connectivity index (χ2v) is 7.50. The molecular formula is C18H18FN3O2S. The molecule has 130 valence electrons. The van der Waals surface area contributed by atoms with Gasteiger partial charge >= 0.3 is 0 Å². The molecule has 0 aliphatic carbocycles. The molecule has 1 aromatic heterocycles. The molecule has 1 N–H and O–H groups in total. The monoisotopic (exact) mass is 359 g/mol. The fourth-order valence-corrected chi connectivity index (χ4v) is 3.73. The van der Waals surface area contributed by atoms with Crippen molar-refractivity contribution in [1.29, 1.82) is 0 Å². The van der Waals surface area contributed by atoms with Crippen LogP contribution in [0.15, 0.2) is 65.8 Å². The molecule has 0 fully saturated rings. The minimum Gasteiger partial charge on any atom is -0.336 e. The molecule has 1 unspecified atom stereocenters. The zero-order chi connectivity index (χ0) is 18.0. The highest BCUT2D eigenvalue weighted by molar-refractivity contribution is 7.89.